The summed E-state index contributed by atoms with van der Waals surface area (Å²) >= 11 is 0. The molecule has 1 saturated heterocycles. The highest BCUT2D eigenvalue weighted by Gasteiger charge is 2.20. The molecule has 2 rings (SSSR count). The highest BCUT2D eigenvalue weighted by Crippen LogP contribution is 2.10. The van der Waals surface area contributed by atoms with Crippen LogP contribution in [0.2, 0.25) is 0 Å². The van der Waals surface area contributed by atoms with Crippen molar-refractivity contribution in [3.63, 3.8) is 0 Å². The van der Waals surface area contributed by atoms with E-state index in [9.17, 15) is 9.59 Å². The lowest BCUT2D eigenvalue weighted by atomic mass is 10.1. The molecule has 1 fully saturated rings. The predicted molar refractivity (Wildman–Crippen MR) is 101 cm³/mol. The van der Waals surface area contributed by atoms with Gasteiger partial charge in [0, 0.05) is 38.2 Å². The molecule has 5 nitrogen and oxygen atoms in total. The fourth-order valence-electron chi connectivity index (χ4n) is 3.15. The Morgan fingerprint density at radius 3 is 2.24 bits per heavy atom. The van der Waals surface area contributed by atoms with E-state index in [1.165, 1.54) is 6.42 Å². The normalized spacial score (nSPS) is 15.6. The van der Waals surface area contributed by atoms with Crippen LogP contribution in [0.4, 0.5) is 0 Å². The first-order valence-electron chi connectivity index (χ1n) is 9.20. The van der Waals surface area contributed by atoms with Crippen LogP contribution in [0, 0.1) is 0 Å². The van der Waals surface area contributed by atoms with Gasteiger partial charge in [0.15, 0.2) is 5.78 Å². The van der Waals surface area contributed by atoms with E-state index in [-0.39, 0.29) is 11.7 Å². The van der Waals surface area contributed by atoms with Crippen LogP contribution >= 0.6 is 0 Å². The Balaban J connectivity index is 1.69. The van der Waals surface area contributed by atoms with Crippen molar-refractivity contribution >= 4 is 11.7 Å². The highest BCUT2D eigenvalue weighted by molar-refractivity contribution is 5.94. The maximum absolute atomic E-state index is 12.4. The first kappa shape index (κ1) is 19.6. The maximum Gasteiger partial charge on any atom is 0.222 e. The van der Waals surface area contributed by atoms with Gasteiger partial charge in [-0.2, -0.15) is 0 Å². The zero-order chi connectivity index (χ0) is 18.2. The van der Waals surface area contributed by atoms with Crippen LogP contribution in [0.3, 0.4) is 0 Å². The second-order valence-corrected chi connectivity index (χ2v) is 7.13. The van der Waals surface area contributed by atoms with Gasteiger partial charge in [0.05, 0.1) is 0 Å². The van der Waals surface area contributed by atoms with Gasteiger partial charge < -0.3 is 9.80 Å². The molecule has 1 aliphatic rings. The molecule has 0 aromatic heterocycles. The summed E-state index contributed by atoms with van der Waals surface area (Å²) in [6, 6.07) is 7.59. The van der Waals surface area contributed by atoms with Crippen molar-refractivity contribution in [3.05, 3.63) is 35.4 Å². The van der Waals surface area contributed by atoms with E-state index in [1.807, 2.05) is 29.2 Å². The average molecular weight is 345 g/mol. The topological polar surface area (TPSA) is 43.9 Å². The molecule has 0 aliphatic carbocycles. The van der Waals surface area contributed by atoms with Crippen molar-refractivity contribution < 1.29 is 9.59 Å². The number of ketones is 1. The van der Waals surface area contributed by atoms with Gasteiger partial charge in [-0.3, -0.25) is 14.5 Å². The van der Waals surface area contributed by atoms with Gasteiger partial charge in [-0.05, 0) is 52.5 Å². The minimum atomic E-state index is 0.0751. The van der Waals surface area contributed by atoms with Gasteiger partial charge in [-0.1, -0.05) is 24.3 Å². The van der Waals surface area contributed by atoms with Crippen LogP contribution in [-0.4, -0.2) is 79.8 Å². The fourth-order valence-corrected chi connectivity index (χ4v) is 3.15. The number of nitrogens with zero attached hydrogens (tertiary/aromatic N) is 3. The Bertz CT molecular complexity index is 561. The molecule has 0 spiro atoms. The Morgan fingerprint density at radius 1 is 1.04 bits per heavy atom. The van der Waals surface area contributed by atoms with Crippen molar-refractivity contribution in [1.82, 2.24) is 14.7 Å². The van der Waals surface area contributed by atoms with E-state index in [4.69, 9.17) is 0 Å². The number of benzene rings is 1. The van der Waals surface area contributed by atoms with Gasteiger partial charge in [-0.25, -0.2) is 0 Å². The second kappa shape index (κ2) is 9.68. The standard InChI is InChI=1S/C20H31N3O2/c1-17(24)19-8-5-18(6-9-19)7-10-20(25)23-15-13-22(14-16-23)12-4-11-21(2)3/h5-6,8-9H,4,7,10-16H2,1-3H3. The van der Waals surface area contributed by atoms with E-state index in [0.29, 0.717) is 6.42 Å². The number of amides is 1. The molecule has 138 valence electrons. The van der Waals surface area contributed by atoms with Gasteiger partial charge in [0.2, 0.25) is 5.91 Å². The number of hydrogen-bond donors (Lipinski definition) is 0. The number of Topliss-reactive ketones (excluding diaryl/α,β-unsaturated/α-hetero) is 1. The third-order valence-corrected chi connectivity index (χ3v) is 4.79. The van der Waals surface area contributed by atoms with E-state index in [2.05, 4.69) is 23.9 Å². The van der Waals surface area contributed by atoms with Crippen LogP contribution in [-0.2, 0) is 11.2 Å². The maximum atomic E-state index is 12.4. The third-order valence-electron chi connectivity index (χ3n) is 4.79. The molecule has 1 aliphatic heterocycles. The summed E-state index contributed by atoms with van der Waals surface area (Å²) in [5.74, 6) is 0.315. The lowest BCUT2D eigenvalue weighted by molar-refractivity contribution is -0.132. The molecule has 0 N–H and O–H groups in total. The molecule has 1 amide bonds. The Morgan fingerprint density at radius 2 is 1.68 bits per heavy atom. The smallest absolute Gasteiger partial charge is 0.222 e. The number of rotatable bonds is 8. The van der Waals surface area contributed by atoms with Crippen LogP contribution < -0.4 is 0 Å². The van der Waals surface area contributed by atoms with Crippen molar-refractivity contribution in [1.29, 1.82) is 0 Å². The monoisotopic (exact) mass is 345 g/mol. The molecule has 1 aromatic rings. The summed E-state index contributed by atoms with van der Waals surface area (Å²) < 4.78 is 0. The van der Waals surface area contributed by atoms with E-state index in [0.717, 1.165) is 56.8 Å². The van der Waals surface area contributed by atoms with E-state index < -0.39 is 0 Å². The van der Waals surface area contributed by atoms with Gasteiger partial charge in [0.1, 0.15) is 0 Å². The minimum Gasteiger partial charge on any atom is -0.340 e. The summed E-state index contributed by atoms with van der Waals surface area (Å²) in [6.07, 6.45) is 2.46. The second-order valence-electron chi connectivity index (χ2n) is 7.13. The van der Waals surface area contributed by atoms with Crippen LogP contribution in [0.5, 0.6) is 0 Å². The van der Waals surface area contributed by atoms with Crippen molar-refractivity contribution in [2.45, 2.75) is 26.2 Å². The highest BCUT2D eigenvalue weighted by atomic mass is 16.2. The molecule has 0 radical (unpaired) electrons. The summed E-state index contributed by atoms with van der Waals surface area (Å²) in [7, 11) is 4.20. The third kappa shape index (κ3) is 6.59. The van der Waals surface area contributed by atoms with E-state index >= 15 is 0 Å². The van der Waals surface area contributed by atoms with Crippen LogP contribution in [0.1, 0.15) is 35.7 Å². The molecule has 0 atom stereocenters. The molecule has 0 saturated carbocycles. The van der Waals surface area contributed by atoms with Gasteiger partial charge in [0.25, 0.3) is 0 Å². The minimum absolute atomic E-state index is 0.0751. The molecular formula is C20H31N3O2. The molecular weight excluding hydrogens is 314 g/mol. The summed E-state index contributed by atoms with van der Waals surface area (Å²) in [5.41, 5.74) is 1.83. The van der Waals surface area contributed by atoms with Crippen molar-refractivity contribution in [3.8, 4) is 0 Å². The molecule has 5 heteroatoms. The summed E-state index contributed by atoms with van der Waals surface area (Å²) in [4.78, 5) is 30.3. The van der Waals surface area contributed by atoms with Crippen LogP contribution in [0.25, 0.3) is 0 Å². The Labute approximate surface area is 151 Å². The van der Waals surface area contributed by atoms with Crippen LogP contribution in [0.15, 0.2) is 24.3 Å². The summed E-state index contributed by atoms with van der Waals surface area (Å²) in [5, 5.41) is 0. The number of carbonyl (C=O) groups is 2. The molecule has 1 heterocycles. The Kier molecular flexibility index (Phi) is 7.59. The summed E-state index contributed by atoms with van der Waals surface area (Å²) in [6.45, 7) is 7.43. The molecule has 1 aromatic carbocycles. The van der Waals surface area contributed by atoms with Crippen molar-refractivity contribution in [2.24, 2.45) is 0 Å². The molecule has 25 heavy (non-hydrogen) atoms. The van der Waals surface area contributed by atoms with Gasteiger partial charge in [-0.15, -0.1) is 0 Å². The molecule has 0 unspecified atom stereocenters. The van der Waals surface area contributed by atoms with E-state index in [1.54, 1.807) is 6.92 Å². The number of aryl methyl sites for hydroxylation is 1. The zero-order valence-corrected chi connectivity index (χ0v) is 15.8. The lowest BCUT2D eigenvalue weighted by Gasteiger charge is -2.35. The molecule has 0 bridgehead atoms. The number of hydrogen-bond acceptors (Lipinski definition) is 4. The predicted octanol–water partition coefficient (Wildman–Crippen LogP) is 1.92. The number of carbonyl (C=O) groups excluding carboxylic acids is 2. The largest absolute Gasteiger partial charge is 0.340 e. The Hall–Kier alpha value is -1.72. The quantitative estimate of drug-likeness (QED) is 0.675. The fraction of sp³-hybridized carbons (Fsp3) is 0.600. The first-order valence-corrected chi connectivity index (χ1v) is 9.20. The first-order chi connectivity index (χ1) is 12.0. The van der Waals surface area contributed by atoms with Crippen molar-refractivity contribution in [2.75, 3.05) is 53.4 Å². The SMILES string of the molecule is CC(=O)c1ccc(CCC(=O)N2CCN(CCCN(C)C)CC2)cc1. The lowest BCUT2D eigenvalue weighted by Crippen LogP contribution is -2.49. The number of piperazine rings is 1. The zero-order valence-electron chi connectivity index (χ0n) is 15.8. The van der Waals surface area contributed by atoms with Gasteiger partial charge >= 0.3 is 0 Å². The average Bonchev–Trinajstić information content (AvgIpc) is 2.60.